The summed E-state index contributed by atoms with van der Waals surface area (Å²) in [5.74, 6) is 0.215. The minimum atomic E-state index is -0.183. The number of methoxy groups -OCH3 is 1. The number of hydrogen-bond donors (Lipinski definition) is 1. The molecule has 1 heterocycles. The number of amides is 1. The molecule has 0 unspecified atom stereocenters. The van der Waals surface area contributed by atoms with Crippen LogP contribution in [-0.2, 0) is 0 Å². The second-order valence-corrected chi connectivity index (χ2v) is 4.56. The lowest BCUT2D eigenvalue weighted by molar-refractivity contribution is 0.0948. The van der Waals surface area contributed by atoms with Gasteiger partial charge in [-0.3, -0.25) is 4.79 Å². The van der Waals surface area contributed by atoms with Crippen LogP contribution in [0.25, 0.3) is 0 Å². The van der Waals surface area contributed by atoms with E-state index < -0.39 is 0 Å². The number of ether oxygens (including phenoxy) is 1. The second-order valence-electron chi connectivity index (χ2n) is 4.56. The van der Waals surface area contributed by atoms with Crippen molar-refractivity contribution < 1.29 is 9.53 Å². The number of nitrogens with zero attached hydrogens (tertiary/aromatic N) is 2. The van der Waals surface area contributed by atoms with Crippen molar-refractivity contribution in [2.75, 3.05) is 13.7 Å². The van der Waals surface area contributed by atoms with Gasteiger partial charge in [-0.05, 0) is 32.1 Å². The lowest BCUT2D eigenvalue weighted by atomic mass is 9.97. The SMILES string of the molecule is COc1cc(C(=O)NCCC2=CCCCC2)ncn1. The van der Waals surface area contributed by atoms with Crippen LogP contribution in [0.1, 0.15) is 42.6 Å². The van der Waals surface area contributed by atoms with E-state index in [2.05, 4.69) is 21.4 Å². The van der Waals surface area contributed by atoms with Crippen molar-refractivity contribution in [1.29, 1.82) is 0 Å². The lowest BCUT2D eigenvalue weighted by Crippen LogP contribution is -2.25. The smallest absolute Gasteiger partial charge is 0.270 e. The summed E-state index contributed by atoms with van der Waals surface area (Å²) in [5.41, 5.74) is 1.79. The Morgan fingerprint density at radius 3 is 3.05 bits per heavy atom. The maximum Gasteiger partial charge on any atom is 0.270 e. The highest BCUT2D eigenvalue weighted by Crippen LogP contribution is 2.19. The van der Waals surface area contributed by atoms with Gasteiger partial charge < -0.3 is 10.1 Å². The number of hydrogen-bond acceptors (Lipinski definition) is 4. The Balaban J connectivity index is 1.81. The summed E-state index contributed by atoms with van der Waals surface area (Å²) in [6.07, 6.45) is 9.44. The standard InChI is InChI=1S/C14H19N3O2/c1-19-13-9-12(16-10-17-13)14(18)15-8-7-11-5-3-2-4-6-11/h5,9-10H,2-4,6-8H2,1H3,(H,15,18). The average molecular weight is 261 g/mol. The molecule has 0 aromatic carbocycles. The van der Waals surface area contributed by atoms with Crippen LogP contribution < -0.4 is 10.1 Å². The molecule has 1 N–H and O–H groups in total. The molecule has 0 bridgehead atoms. The fraction of sp³-hybridized carbons (Fsp3) is 0.500. The van der Waals surface area contributed by atoms with E-state index in [1.54, 1.807) is 0 Å². The maximum absolute atomic E-state index is 11.9. The van der Waals surface area contributed by atoms with Crippen molar-refractivity contribution in [3.8, 4) is 5.88 Å². The third kappa shape index (κ3) is 4.05. The zero-order valence-corrected chi connectivity index (χ0v) is 11.2. The quantitative estimate of drug-likeness (QED) is 0.824. The van der Waals surface area contributed by atoms with Crippen molar-refractivity contribution in [3.05, 3.63) is 29.7 Å². The fourth-order valence-corrected chi connectivity index (χ4v) is 2.13. The van der Waals surface area contributed by atoms with Gasteiger partial charge >= 0.3 is 0 Å². The molecule has 0 aliphatic heterocycles. The second kappa shape index (κ2) is 6.87. The number of allylic oxidation sites excluding steroid dienone is 1. The van der Waals surface area contributed by atoms with Crippen LogP contribution in [0, 0.1) is 0 Å². The van der Waals surface area contributed by atoms with Crippen molar-refractivity contribution >= 4 is 5.91 Å². The predicted octanol–water partition coefficient (Wildman–Crippen LogP) is 2.11. The molecule has 1 amide bonds. The first-order chi connectivity index (χ1) is 9.29. The Hall–Kier alpha value is -1.91. The molecule has 0 atom stereocenters. The topological polar surface area (TPSA) is 64.1 Å². The summed E-state index contributed by atoms with van der Waals surface area (Å²) in [6.45, 7) is 0.650. The Morgan fingerprint density at radius 2 is 2.32 bits per heavy atom. The van der Waals surface area contributed by atoms with Crippen molar-refractivity contribution in [2.24, 2.45) is 0 Å². The highest BCUT2D eigenvalue weighted by Gasteiger charge is 2.09. The number of carbonyl (C=O) groups is 1. The van der Waals surface area contributed by atoms with Crippen LogP contribution in [-0.4, -0.2) is 29.5 Å². The molecule has 1 aromatic rings. The van der Waals surface area contributed by atoms with Gasteiger partial charge in [-0.1, -0.05) is 11.6 Å². The molecule has 2 rings (SSSR count). The van der Waals surface area contributed by atoms with Crippen LogP contribution >= 0.6 is 0 Å². The van der Waals surface area contributed by atoms with Crippen LogP contribution in [0.4, 0.5) is 0 Å². The number of rotatable bonds is 5. The summed E-state index contributed by atoms with van der Waals surface area (Å²) in [4.78, 5) is 19.7. The maximum atomic E-state index is 11.9. The summed E-state index contributed by atoms with van der Waals surface area (Å²) in [7, 11) is 1.51. The van der Waals surface area contributed by atoms with Crippen molar-refractivity contribution in [3.63, 3.8) is 0 Å². The van der Waals surface area contributed by atoms with Gasteiger partial charge in [0.15, 0.2) is 0 Å². The Morgan fingerprint density at radius 1 is 1.42 bits per heavy atom. The molecule has 1 aliphatic carbocycles. The van der Waals surface area contributed by atoms with E-state index in [1.165, 1.54) is 44.3 Å². The third-order valence-electron chi connectivity index (χ3n) is 3.20. The lowest BCUT2D eigenvalue weighted by Gasteiger charge is -2.12. The zero-order chi connectivity index (χ0) is 13.5. The molecule has 0 radical (unpaired) electrons. The first-order valence-corrected chi connectivity index (χ1v) is 6.62. The zero-order valence-electron chi connectivity index (χ0n) is 11.2. The highest BCUT2D eigenvalue weighted by molar-refractivity contribution is 5.92. The summed E-state index contributed by atoms with van der Waals surface area (Å²) < 4.78 is 4.96. The summed E-state index contributed by atoms with van der Waals surface area (Å²) in [6, 6.07) is 1.54. The van der Waals surface area contributed by atoms with E-state index in [9.17, 15) is 4.79 Å². The predicted molar refractivity (Wildman–Crippen MR) is 72.1 cm³/mol. The van der Waals surface area contributed by atoms with Crippen molar-refractivity contribution in [1.82, 2.24) is 15.3 Å². The fourth-order valence-electron chi connectivity index (χ4n) is 2.13. The van der Waals surface area contributed by atoms with Crippen LogP contribution in [0.5, 0.6) is 5.88 Å². The number of nitrogens with one attached hydrogen (secondary N) is 1. The molecule has 102 valence electrons. The largest absolute Gasteiger partial charge is 0.481 e. The van der Waals surface area contributed by atoms with Gasteiger partial charge in [0.25, 0.3) is 5.91 Å². The van der Waals surface area contributed by atoms with Crippen LogP contribution in [0.2, 0.25) is 0 Å². The minimum Gasteiger partial charge on any atom is -0.481 e. The van der Waals surface area contributed by atoms with Crippen LogP contribution in [0.15, 0.2) is 24.0 Å². The number of aromatic nitrogens is 2. The highest BCUT2D eigenvalue weighted by atomic mass is 16.5. The van der Waals surface area contributed by atoms with E-state index in [-0.39, 0.29) is 5.91 Å². The Kier molecular flexibility index (Phi) is 4.89. The normalized spacial score (nSPS) is 14.7. The number of carbonyl (C=O) groups excluding carboxylic acids is 1. The van der Waals surface area contributed by atoms with E-state index in [0.717, 1.165) is 12.8 Å². The monoisotopic (exact) mass is 261 g/mol. The Bertz CT molecular complexity index is 472. The van der Waals surface area contributed by atoms with Gasteiger partial charge in [0.1, 0.15) is 12.0 Å². The molecule has 1 aromatic heterocycles. The molecule has 5 nitrogen and oxygen atoms in total. The first-order valence-electron chi connectivity index (χ1n) is 6.62. The minimum absolute atomic E-state index is 0.183. The molecule has 0 saturated carbocycles. The molecule has 1 aliphatic rings. The van der Waals surface area contributed by atoms with Crippen molar-refractivity contribution in [2.45, 2.75) is 32.1 Å². The molecule has 19 heavy (non-hydrogen) atoms. The Labute approximate surface area is 113 Å². The van der Waals surface area contributed by atoms with Gasteiger partial charge in [0.05, 0.1) is 7.11 Å². The van der Waals surface area contributed by atoms with Gasteiger partial charge in [0, 0.05) is 12.6 Å². The van der Waals surface area contributed by atoms with Gasteiger partial charge in [-0.2, -0.15) is 0 Å². The van der Waals surface area contributed by atoms with E-state index in [4.69, 9.17) is 4.74 Å². The molecule has 5 heteroatoms. The van der Waals surface area contributed by atoms with Gasteiger partial charge in [0.2, 0.25) is 5.88 Å². The van der Waals surface area contributed by atoms with E-state index in [0.29, 0.717) is 18.1 Å². The molecular weight excluding hydrogens is 242 g/mol. The van der Waals surface area contributed by atoms with Crippen LogP contribution in [0.3, 0.4) is 0 Å². The molecule has 0 fully saturated rings. The third-order valence-corrected chi connectivity index (χ3v) is 3.20. The molecule has 0 saturated heterocycles. The van der Waals surface area contributed by atoms with Gasteiger partial charge in [-0.25, -0.2) is 9.97 Å². The summed E-state index contributed by atoms with van der Waals surface area (Å²) in [5, 5.41) is 2.87. The first kappa shape index (κ1) is 13.5. The van der Waals surface area contributed by atoms with E-state index in [1.807, 2.05) is 0 Å². The molecular formula is C14H19N3O2. The molecule has 0 spiro atoms. The average Bonchev–Trinajstić information content (AvgIpc) is 2.48. The summed E-state index contributed by atoms with van der Waals surface area (Å²) >= 11 is 0. The van der Waals surface area contributed by atoms with Gasteiger partial charge in [-0.15, -0.1) is 0 Å². The van der Waals surface area contributed by atoms with E-state index >= 15 is 0 Å².